The molecule has 14 heteroatoms. The molecule has 14 nitrogen and oxygen atoms in total. The van der Waals surface area contributed by atoms with Gasteiger partial charge in [0.25, 0.3) is 0 Å². The summed E-state index contributed by atoms with van der Waals surface area (Å²) in [6.45, 7) is 2.72. The topological polar surface area (TPSA) is 228 Å². The maximum Gasteiger partial charge on any atom is 0.220 e. The second-order valence-corrected chi connectivity index (χ2v) is 23.2. The molecule has 9 N–H and O–H groups in total. The third kappa shape index (κ3) is 39.3. The summed E-state index contributed by atoms with van der Waals surface area (Å²) in [6, 6.07) is -0.833. The van der Waals surface area contributed by atoms with Gasteiger partial charge in [-0.3, -0.25) is 4.79 Å². The second kappa shape index (κ2) is 54.8. The number of aliphatic hydroxyl groups is 8. The summed E-state index contributed by atoms with van der Waals surface area (Å²) >= 11 is 0. The molecule has 0 spiro atoms. The van der Waals surface area contributed by atoms with Crippen LogP contribution >= 0.6 is 0 Å². The number of hydrogen-bond donors (Lipinski definition) is 9. The first-order valence-electron chi connectivity index (χ1n) is 33.6. The lowest BCUT2D eigenvalue weighted by molar-refractivity contribution is -0.359. The zero-order chi connectivity index (χ0) is 61.6. The fraction of sp³-hybridized carbons (Fsp3) is 0.732. The van der Waals surface area contributed by atoms with E-state index in [0.717, 1.165) is 116 Å². The molecule has 2 fully saturated rings. The summed E-state index contributed by atoms with van der Waals surface area (Å²) in [7, 11) is 0. The lowest BCUT2D eigenvalue weighted by Crippen LogP contribution is -2.65. The predicted molar refractivity (Wildman–Crippen MR) is 345 cm³/mol. The van der Waals surface area contributed by atoms with Crippen LogP contribution in [0.3, 0.4) is 0 Å². The smallest absolute Gasteiger partial charge is 0.220 e. The number of carbonyl (C=O) groups excluding carboxylic acids is 1. The van der Waals surface area contributed by atoms with E-state index < -0.39 is 86.8 Å². The van der Waals surface area contributed by atoms with Crippen LogP contribution in [-0.4, -0.2) is 140 Å². The number of nitrogens with one attached hydrogen (secondary N) is 1. The number of unbranched alkanes of at least 4 members (excludes halogenated alkanes) is 22. The molecule has 488 valence electrons. The average Bonchev–Trinajstić information content (AvgIpc) is 2.93. The van der Waals surface area contributed by atoms with Crippen molar-refractivity contribution in [2.24, 2.45) is 0 Å². The zero-order valence-corrected chi connectivity index (χ0v) is 52.8. The number of rotatable bonds is 53. The van der Waals surface area contributed by atoms with Crippen LogP contribution in [0.15, 0.2) is 109 Å². The monoisotopic (exact) mass is 1200 g/mol. The van der Waals surface area contributed by atoms with Crippen LogP contribution in [0, 0.1) is 0 Å². The molecule has 2 saturated heterocycles. The van der Waals surface area contributed by atoms with Crippen molar-refractivity contribution < 1.29 is 64.6 Å². The maximum atomic E-state index is 13.3. The van der Waals surface area contributed by atoms with E-state index in [1.54, 1.807) is 0 Å². The van der Waals surface area contributed by atoms with E-state index in [0.29, 0.717) is 12.8 Å². The first-order chi connectivity index (χ1) is 41.6. The third-order valence-corrected chi connectivity index (χ3v) is 15.8. The van der Waals surface area contributed by atoms with Crippen molar-refractivity contribution in [1.82, 2.24) is 5.32 Å². The highest BCUT2D eigenvalue weighted by Crippen LogP contribution is 2.30. The SMILES string of the molecule is CC/C=C\C/C=C\C/C=C\C/C=C\C/C=C\C/C=C\C/C=C\C/C=C\C/C=C\CCCCCCCCCCCCCCCC(=O)NC(COC1OC(CO)C(OC2OC(CO)C(O)C(O)C2O)C(O)C1O)C(O)CCCCCCCCCCCC. The minimum Gasteiger partial charge on any atom is -0.394 e. The number of amides is 1. The van der Waals surface area contributed by atoms with Crippen LogP contribution in [0.25, 0.3) is 0 Å². The molecule has 1 amide bonds. The van der Waals surface area contributed by atoms with Crippen LogP contribution < -0.4 is 5.32 Å². The van der Waals surface area contributed by atoms with E-state index >= 15 is 0 Å². The van der Waals surface area contributed by atoms with E-state index in [9.17, 15) is 45.6 Å². The largest absolute Gasteiger partial charge is 0.394 e. The molecule has 0 saturated carbocycles. The van der Waals surface area contributed by atoms with Gasteiger partial charge in [-0.05, 0) is 83.5 Å². The van der Waals surface area contributed by atoms with E-state index in [-0.39, 0.29) is 12.5 Å². The lowest BCUT2D eigenvalue weighted by atomic mass is 9.97. The Balaban J connectivity index is 1.56. The van der Waals surface area contributed by atoms with E-state index in [2.05, 4.69) is 129 Å². The molecular weight excluding hydrogens is 1070 g/mol. The summed E-state index contributed by atoms with van der Waals surface area (Å²) in [5, 5.41) is 87.2. The summed E-state index contributed by atoms with van der Waals surface area (Å²) in [5.41, 5.74) is 0. The van der Waals surface area contributed by atoms with Crippen LogP contribution in [0.2, 0.25) is 0 Å². The van der Waals surface area contributed by atoms with Gasteiger partial charge in [0, 0.05) is 6.42 Å². The molecule has 0 radical (unpaired) electrons. The van der Waals surface area contributed by atoms with Crippen molar-refractivity contribution in [3.8, 4) is 0 Å². The minimum absolute atomic E-state index is 0.213. The number of ether oxygens (including phenoxy) is 4. The van der Waals surface area contributed by atoms with Gasteiger partial charge in [-0.25, -0.2) is 0 Å². The highest BCUT2D eigenvalue weighted by atomic mass is 16.7. The Morgan fingerprint density at radius 2 is 0.812 bits per heavy atom. The first-order valence-corrected chi connectivity index (χ1v) is 33.6. The average molecular weight is 1200 g/mol. The normalized spacial score (nSPS) is 24.3. The van der Waals surface area contributed by atoms with Crippen LogP contribution in [0.5, 0.6) is 0 Å². The van der Waals surface area contributed by atoms with Gasteiger partial charge in [0.2, 0.25) is 5.91 Å². The minimum atomic E-state index is -1.79. The lowest BCUT2D eigenvalue weighted by Gasteiger charge is -2.46. The number of carbonyl (C=O) groups is 1. The van der Waals surface area contributed by atoms with Gasteiger partial charge in [-0.2, -0.15) is 0 Å². The van der Waals surface area contributed by atoms with E-state index in [4.69, 9.17) is 18.9 Å². The van der Waals surface area contributed by atoms with Crippen molar-refractivity contribution in [2.45, 2.75) is 312 Å². The summed E-state index contributed by atoms with van der Waals surface area (Å²) < 4.78 is 22.8. The molecule has 2 aliphatic rings. The van der Waals surface area contributed by atoms with Gasteiger partial charge < -0.3 is 65.1 Å². The van der Waals surface area contributed by atoms with Crippen molar-refractivity contribution in [2.75, 3.05) is 19.8 Å². The van der Waals surface area contributed by atoms with Crippen molar-refractivity contribution in [3.63, 3.8) is 0 Å². The number of aliphatic hydroxyl groups excluding tert-OH is 8. The molecular formula is C71H121NO13. The fourth-order valence-corrected chi connectivity index (χ4v) is 10.4. The summed E-state index contributed by atoms with van der Waals surface area (Å²) in [6.07, 6.45) is 61.3. The fourth-order valence-electron chi connectivity index (χ4n) is 10.4. The molecule has 12 atom stereocenters. The van der Waals surface area contributed by atoms with E-state index in [1.807, 2.05) is 0 Å². The Kier molecular flexibility index (Phi) is 50.1. The highest BCUT2D eigenvalue weighted by Gasteiger charge is 2.51. The molecule has 0 aromatic heterocycles. The Hall–Kier alpha value is -3.35. The first kappa shape index (κ1) is 77.7. The maximum absolute atomic E-state index is 13.3. The van der Waals surface area contributed by atoms with E-state index in [1.165, 1.54) is 96.3 Å². The Bertz CT molecular complexity index is 1840. The van der Waals surface area contributed by atoms with Crippen LogP contribution in [-0.2, 0) is 23.7 Å². The number of hydrogen-bond acceptors (Lipinski definition) is 13. The Morgan fingerprint density at radius 1 is 0.435 bits per heavy atom. The summed E-state index contributed by atoms with van der Waals surface area (Å²) in [4.78, 5) is 13.3. The quantitative estimate of drug-likeness (QED) is 0.0204. The van der Waals surface area contributed by atoms with Gasteiger partial charge in [-0.15, -0.1) is 0 Å². The Morgan fingerprint density at radius 3 is 1.25 bits per heavy atom. The third-order valence-electron chi connectivity index (χ3n) is 15.8. The molecule has 0 aliphatic carbocycles. The molecule has 12 unspecified atom stereocenters. The zero-order valence-electron chi connectivity index (χ0n) is 52.8. The van der Waals surface area contributed by atoms with Crippen molar-refractivity contribution in [1.29, 1.82) is 0 Å². The van der Waals surface area contributed by atoms with Gasteiger partial charge >= 0.3 is 0 Å². The molecule has 2 heterocycles. The van der Waals surface area contributed by atoms with Crippen LogP contribution in [0.1, 0.15) is 239 Å². The molecule has 0 aromatic carbocycles. The molecule has 0 bridgehead atoms. The van der Waals surface area contributed by atoms with Crippen molar-refractivity contribution in [3.05, 3.63) is 109 Å². The van der Waals surface area contributed by atoms with Gasteiger partial charge in [0.05, 0.1) is 32.0 Å². The van der Waals surface area contributed by atoms with Gasteiger partial charge in [0.15, 0.2) is 12.6 Å². The Labute approximate surface area is 515 Å². The van der Waals surface area contributed by atoms with Crippen molar-refractivity contribution >= 4 is 5.91 Å². The van der Waals surface area contributed by atoms with Crippen LogP contribution in [0.4, 0.5) is 0 Å². The predicted octanol–water partition coefficient (Wildman–Crippen LogP) is 13.2. The summed E-state index contributed by atoms with van der Waals surface area (Å²) in [5.74, 6) is -0.213. The highest BCUT2D eigenvalue weighted by molar-refractivity contribution is 5.76. The van der Waals surface area contributed by atoms with Gasteiger partial charge in [0.1, 0.15) is 48.8 Å². The van der Waals surface area contributed by atoms with Gasteiger partial charge in [-0.1, -0.05) is 258 Å². The molecule has 2 aliphatic heterocycles. The second-order valence-electron chi connectivity index (χ2n) is 23.2. The molecule has 2 rings (SSSR count). The molecule has 85 heavy (non-hydrogen) atoms. The standard InChI is InChI=1S/C71H121NO13/c1-3-5-7-9-11-13-15-16-17-18-19-20-21-22-23-24-25-26-27-28-29-30-31-32-33-34-35-36-37-38-39-40-41-42-43-44-45-47-49-51-53-55-63(76)72-59(60(75)54-52-50-48-46-14-12-10-8-6-4-2)58-82-70-68(81)66(79)69(62(57-74)84-70)85-71-67(80)65(78)64(77)61(56-73)83-71/h5,7,11,13,16-17,19-20,22-23,25-26,28-29,31-32,34-35,59-62,64-71,73-75,77-81H,3-4,6,8-10,12,14-15,18,21,24,27,30,33,36-58H2,1-2H3,(H,72,76)/b7-5-,13-11-,17-16-,20-19-,23-22-,26-25-,29-28-,32-31-,35-34-. The molecule has 0 aromatic rings. The number of allylic oxidation sites excluding steroid dienone is 18.